The number of Topliss-reactive ketones (excluding diaryl/α,β-unsaturated/α-hetero) is 1. The number of morpholine rings is 1. The number of aromatic nitrogens is 2. The number of carbonyl (C=O) groups excluding carboxylic acids is 2. The minimum Gasteiger partial charge on any atom is -0.507 e. The first-order valence-electron chi connectivity index (χ1n) is 12.3. The van der Waals surface area contributed by atoms with E-state index in [0.717, 1.165) is 18.8 Å². The number of hydrogen-bond acceptors (Lipinski definition) is 7. The Kier molecular flexibility index (Phi) is 7.07. The second-order valence-electron chi connectivity index (χ2n) is 9.11. The molecule has 5 rings (SSSR count). The first-order valence-corrected chi connectivity index (χ1v) is 12.3. The smallest absolute Gasteiger partial charge is 0.295 e. The molecule has 1 aromatic heterocycles. The molecule has 1 atom stereocenters. The Morgan fingerprint density at radius 3 is 2.57 bits per heavy atom. The fraction of sp³-hybridized carbons (Fsp3) is 0.321. The molecule has 2 aliphatic rings. The van der Waals surface area contributed by atoms with Crippen LogP contribution in [0.1, 0.15) is 22.9 Å². The molecular formula is C28H30N4O5. The number of hydrogen-bond donors (Lipinski definition) is 1. The van der Waals surface area contributed by atoms with Crippen molar-refractivity contribution in [3.63, 3.8) is 0 Å². The van der Waals surface area contributed by atoms with Gasteiger partial charge in [-0.05, 0) is 36.8 Å². The molecule has 0 saturated carbocycles. The van der Waals surface area contributed by atoms with E-state index < -0.39 is 17.7 Å². The zero-order chi connectivity index (χ0) is 25.9. The Morgan fingerprint density at radius 1 is 1.08 bits per heavy atom. The van der Waals surface area contributed by atoms with Crippen LogP contribution in [0, 0.1) is 6.92 Å². The summed E-state index contributed by atoms with van der Waals surface area (Å²) in [4.78, 5) is 30.5. The molecule has 37 heavy (non-hydrogen) atoms. The summed E-state index contributed by atoms with van der Waals surface area (Å²) < 4.78 is 12.5. The number of benzene rings is 2. The number of amides is 1. The van der Waals surface area contributed by atoms with Crippen LogP contribution in [-0.4, -0.2) is 82.9 Å². The Hall–Kier alpha value is -3.95. The van der Waals surface area contributed by atoms with Crippen LogP contribution >= 0.6 is 0 Å². The highest BCUT2D eigenvalue weighted by Crippen LogP contribution is 2.40. The van der Waals surface area contributed by atoms with E-state index in [0.29, 0.717) is 48.9 Å². The molecule has 3 heterocycles. The van der Waals surface area contributed by atoms with Crippen LogP contribution in [0.15, 0.2) is 66.4 Å². The molecule has 9 nitrogen and oxygen atoms in total. The second kappa shape index (κ2) is 10.6. The lowest BCUT2D eigenvalue weighted by atomic mass is 9.95. The van der Waals surface area contributed by atoms with Crippen LogP contribution in [0.5, 0.6) is 5.75 Å². The topological polar surface area (TPSA) is 97.1 Å². The van der Waals surface area contributed by atoms with Gasteiger partial charge in [-0.3, -0.25) is 14.5 Å². The predicted molar refractivity (Wildman–Crippen MR) is 138 cm³/mol. The monoisotopic (exact) mass is 502 g/mol. The van der Waals surface area contributed by atoms with Crippen molar-refractivity contribution in [2.75, 3.05) is 46.5 Å². The maximum Gasteiger partial charge on any atom is 0.295 e. The fourth-order valence-corrected chi connectivity index (χ4v) is 4.96. The van der Waals surface area contributed by atoms with Crippen molar-refractivity contribution in [1.82, 2.24) is 19.6 Å². The van der Waals surface area contributed by atoms with Crippen molar-refractivity contribution in [3.8, 4) is 11.4 Å². The van der Waals surface area contributed by atoms with Gasteiger partial charge in [0.05, 0.1) is 55.1 Å². The largest absolute Gasteiger partial charge is 0.507 e. The van der Waals surface area contributed by atoms with E-state index in [-0.39, 0.29) is 11.3 Å². The Morgan fingerprint density at radius 2 is 1.84 bits per heavy atom. The van der Waals surface area contributed by atoms with Crippen LogP contribution < -0.4 is 4.74 Å². The van der Waals surface area contributed by atoms with E-state index in [1.54, 1.807) is 28.8 Å². The van der Waals surface area contributed by atoms with Crippen LogP contribution in [0.3, 0.4) is 0 Å². The van der Waals surface area contributed by atoms with Crippen LogP contribution in [-0.2, 0) is 14.3 Å². The third-order valence-corrected chi connectivity index (χ3v) is 6.98. The minimum absolute atomic E-state index is 0.0518. The summed E-state index contributed by atoms with van der Waals surface area (Å²) in [6.07, 6.45) is 1.53. The first kappa shape index (κ1) is 24.7. The van der Waals surface area contributed by atoms with E-state index >= 15 is 0 Å². The molecule has 192 valence electrons. The zero-order valence-electron chi connectivity index (χ0n) is 21.0. The third-order valence-electron chi connectivity index (χ3n) is 6.98. The highest BCUT2D eigenvalue weighted by Gasteiger charge is 2.46. The Balaban J connectivity index is 1.57. The second-order valence-corrected chi connectivity index (χ2v) is 9.11. The van der Waals surface area contributed by atoms with Gasteiger partial charge in [-0.2, -0.15) is 5.10 Å². The number of rotatable bonds is 7. The summed E-state index contributed by atoms with van der Waals surface area (Å²) in [5.41, 5.74) is 2.64. The van der Waals surface area contributed by atoms with E-state index in [4.69, 9.17) is 9.47 Å². The molecule has 0 aliphatic carbocycles. The molecule has 2 saturated heterocycles. The molecule has 0 bridgehead atoms. The van der Waals surface area contributed by atoms with E-state index in [2.05, 4.69) is 10.00 Å². The first-order chi connectivity index (χ1) is 18.0. The van der Waals surface area contributed by atoms with Gasteiger partial charge in [-0.25, -0.2) is 4.68 Å². The Bertz CT molecular complexity index is 1330. The molecule has 0 unspecified atom stereocenters. The minimum atomic E-state index is -0.754. The van der Waals surface area contributed by atoms with Crippen molar-refractivity contribution in [3.05, 3.63) is 83.2 Å². The number of likely N-dealkylation sites (tertiary alicyclic amines) is 1. The number of aliphatic hydroxyl groups excluding tert-OH is 1. The molecule has 2 aliphatic heterocycles. The number of para-hydroxylation sites is 1. The quantitative estimate of drug-likeness (QED) is 0.301. The molecule has 1 N–H and O–H groups in total. The molecular weight excluding hydrogens is 472 g/mol. The number of ether oxygens (including phenoxy) is 2. The average molecular weight is 503 g/mol. The summed E-state index contributed by atoms with van der Waals surface area (Å²) >= 11 is 0. The lowest BCUT2D eigenvalue weighted by Gasteiger charge is -2.31. The van der Waals surface area contributed by atoms with E-state index in [1.807, 2.05) is 49.4 Å². The fourth-order valence-electron chi connectivity index (χ4n) is 4.96. The molecule has 0 spiro atoms. The zero-order valence-corrected chi connectivity index (χ0v) is 21.0. The molecule has 3 aromatic rings. The lowest BCUT2D eigenvalue weighted by molar-refractivity contribution is -0.140. The number of nitrogens with zero attached hydrogens (tertiary/aromatic N) is 4. The summed E-state index contributed by atoms with van der Waals surface area (Å²) in [6.45, 7) is 5.58. The number of carbonyl (C=O) groups is 2. The maximum atomic E-state index is 13.4. The third kappa shape index (κ3) is 4.75. The van der Waals surface area contributed by atoms with Crippen molar-refractivity contribution in [1.29, 1.82) is 0 Å². The number of methoxy groups -OCH3 is 1. The average Bonchev–Trinajstić information content (AvgIpc) is 3.45. The molecule has 1 amide bonds. The highest BCUT2D eigenvalue weighted by molar-refractivity contribution is 6.46. The van der Waals surface area contributed by atoms with E-state index in [9.17, 15) is 14.7 Å². The molecule has 2 aromatic carbocycles. The maximum absolute atomic E-state index is 13.4. The SMILES string of the molecule is COc1cccc([C@@H]2C(=C(O)c3cnn(-c4ccccc4)c3C)C(=O)C(=O)N2CCN2CCOCC2)c1. The van der Waals surface area contributed by atoms with Gasteiger partial charge in [-0.1, -0.05) is 30.3 Å². The van der Waals surface area contributed by atoms with Gasteiger partial charge in [0, 0.05) is 26.2 Å². The van der Waals surface area contributed by atoms with Gasteiger partial charge < -0.3 is 19.5 Å². The standard InChI is InChI=1S/C28H30N4O5/c1-19-23(18-29-32(19)21-8-4-3-5-9-21)26(33)24-25(20-7-6-10-22(17-20)36-2)31(28(35)27(24)34)12-11-30-13-15-37-16-14-30/h3-10,17-18,25,33H,11-16H2,1-2H3/t25-/m1/s1. The van der Waals surface area contributed by atoms with E-state index in [1.165, 1.54) is 6.20 Å². The van der Waals surface area contributed by atoms with Crippen molar-refractivity contribution in [2.24, 2.45) is 0 Å². The van der Waals surface area contributed by atoms with Crippen LogP contribution in [0.4, 0.5) is 0 Å². The lowest BCUT2D eigenvalue weighted by Crippen LogP contribution is -2.42. The summed E-state index contributed by atoms with van der Waals surface area (Å²) in [7, 11) is 1.57. The van der Waals surface area contributed by atoms with Gasteiger partial charge >= 0.3 is 0 Å². The summed E-state index contributed by atoms with van der Waals surface area (Å²) in [5.74, 6) is -0.973. The molecule has 9 heteroatoms. The summed E-state index contributed by atoms with van der Waals surface area (Å²) in [5, 5.41) is 15.9. The van der Waals surface area contributed by atoms with Gasteiger partial charge in [-0.15, -0.1) is 0 Å². The van der Waals surface area contributed by atoms with Gasteiger partial charge in [0.25, 0.3) is 11.7 Å². The van der Waals surface area contributed by atoms with Gasteiger partial charge in [0.2, 0.25) is 0 Å². The van der Waals surface area contributed by atoms with Gasteiger partial charge in [0.1, 0.15) is 11.5 Å². The predicted octanol–water partition coefficient (Wildman–Crippen LogP) is 2.94. The van der Waals surface area contributed by atoms with Crippen molar-refractivity contribution >= 4 is 17.4 Å². The molecule has 0 radical (unpaired) electrons. The van der Waals surface area contributed by atoms with Crippen molar-refractivity contribution in [2.45, 2.75) is 13.0 Å². The van der Waals surface area contributed by atoms with Crippen molar-refractivity contribution < 1.29 is 24.2 Å². The number of aliphatic hydroxyl groups is 1. The van der Waals surface area contributed by atoms with Gasteiger partial charge in [0.15, 0.2) is 0 Å². The van der Waals surface area contributed by atoms with Crippen LogP contribution in [0.25, 0.3) is 11.4 Å². The molecule has 2 fully saturated rings. The number of ketones is 1. The Labute approximate surface area is 215 Å². The normalized spacial score (nSPS) is 19.9. The summed E-state index contributed by atoms with van der Waals surface area (Å²) in [6, 6.07) is 16.0. The highest BCUT2D eigenvalue weighted by atomic mass is 16.5. The van der Waals surface area contributed by atoms with Crippen LogP contribution in [0.2, 0.25) is 0 Å².